The fourth-order valence-corrected chi connectivity index (χ4v) is 4.74. The molecule has 1 N–H and O–H groups in total. The first-order chi connectivity index (χ1) is 13.4. The average molecular weight is 460 g/mol. The van der Waals surface area contributed by atoms with E-state index in [1.807, 2.05) is 32.8 Å². The second-order valence-corrected chi connectivity index (χ2v) is 10.3. The second kappa shape index (κ2) is 9.40. The van der Waals surface area contributed by atoms with E-state index >= 15 is 0 Å². The number of rotatable bonds is 9. The highest BCUT2D eigenvalue weighted by molar-refractivity contribution is 7.89. The summed E-state index contributed by atoms with van der Waals surface area (Å²) in [6.45, 7) is 4.76. The van der Waals surface area contributed by atoms with Crippen LogP contribution in [0.3, 0.4) is 0 Å². The third-order valence-corrected chi connectivity index (χ3v) is 5.73. The zero-order valence-corrected chi connectivity index (χ0v) is 18.9. The summed E-state index contributed by atoms with van der Waals surface area (Å²) >= 11 is 12.0. The van der Waals surface area contributed by atoms with Gasteiger partial charge in [0.1, 0.15) is 22.1 Å². The number of benzene rings is 2. The van der Waals surface area contributed by atoms with Crippen LogP contribution in [0.2, 0.25) is 10.0 Å². The van der Waals surface area contributed by atoms with E-state index in [-0.39, 0.29) is 34.0 Å². The Labute approximate surface area is 181 Å². The van der Waals surface area contributed by atoms with E-state index in [2.05, 4.69) is 9.90 Å². The lowest BCUT2D eigenvalue weighted by molar-refractivity contribution is 0.242. The molecule has 0 saturated heterocycles. The molecule has 0 radical (unpaired) electrons. The fraction of sp³-hybridized carbons (Fsp3) is 0.368. The molecule has 2 aromatic rings. The molecular weight excluding hydrogens is 437 g/mol. The van der Waals surface area contributed by atoms with E-state index in [1.165, 1.54) is 30.3 Å². The molecule has 0 aliphatic rings. The first-order valence-corrected chi connectivity index (χ1v) is 10.9. The van der Waals surface area contributed by atoms with Gasteiger partial charge in [0.25, 0.3) is 0 Å². The van der Waals surface area contributed by atoms with Crippen LogP contribution in [0.25, 0.3) is 0 Å². The van der Waals surface area contributed by atoms with Crippen molar-refractivity contribution < 1.29 is 13.2 Å². The molecule has 0 fully saturated rings. The van der Waals surface area contributed by atoms with Gasteiger partial charge < -0.3 is 9.64 Å². The SMILES string of the molecule is CN(C)CC(C)(C)CNS(=O)(=O)c1cc(N=O)ccc1Oc1cc(Cl)cc(Cl)c1. The van der Waals surface area contributed by atoms with Gasteiger partial charge >= 0.3 is 0 Å². The molecule has 7 nitrogen and oxygen atoms in total. The molecule has 158 valence electrons. The van der Waals surface area contributed by atoms with Crippen LogP contribution in [-0.2, 0) is 10.0 Å². The lowest BCUT2D eigenvalue weighted by atomic mass is 9.93. The highest BCUT2D eigenvalue weighted by atomic mass is 35.5. The average Bonchev–Trinajstić information content (AvgIpc) is 2.58. The summed E-state index contributed by atoms with van der Waals surface area (Å²) in [5, 5.41) is 3.50. The molecule has 29 heavy (non-hydrogen) atoms. The first-order valence-electron chi connectivity index (χ1n) is 8.68. The maximum Gasteiger partial charge on any atom is 0.244 e. The van der Waals surface area contributed by atoms with Gasteiger partial charge in [-0.2, -0.15) is 0 Å². The molecule has 0 aromatic heterocycles. The van der Waals surface area contributed by atoms with E-state index < -0.39 is 10.0 Å². The molecule has 0 heterocycles. The van der Waals surface area contributed by atoms with Gasteiger partial charge in [-0.25, -0.2) is 13.1 Å². The number of ether oxygens (including phenoxy) is 1. The van der Waals surface area contributed by atoms with Crippen LogP contribution in [0.1, 0.15) is 13.8 Å². The Morgan fingerprint density at radius 2 is 1.72 bits per heavy atom. The van der Waals surface area contributed by atoms with Gasteiger partial charge in [0.15, 0.2) is 0 Å². The van der Waals surface area contributed by atoms with Crippen LogP contribution in [0.4, 0.5) is 5.69 Å². The number of nitrogens with zero attached hydrogens (tertiary/aromatic N) is 2. The van der Waals surface area contributed by atoms with Crippen LogP contribution < -0.4 is 9.46 Å². The predicted octanol–water partition coefficient (Wildman–Crippen LogP) is 5.05. The Balaban J connectivity index is 2.37. The third-order valence-electron chi connectivity index (χ3n) is 3.87. The summed E-state index contributed by atoms with van der Waals surface area (Å²) in [6, 6.07) is 8.43. The van der Waals surface area contributed by atoms with Crippen LogP contribution in [-0.4, -0.2) is 40.5 Å². The van der Waals surface area contributed by atoms with Gasteiger partial charge in [0.05, 0.1) is 0 Å². The van der Waals surface area contributed by atoms with Crippen molar-refractivity contribution in [1.29, 1.82) is 0 Å². The van der Waals surface area contributed by atoms with Crippen molar-refractivity contribution in [3.63, 3.8) is 0 Å². The minimum absolute atomic E-state index is 0.0219. The number of nitroso groups, excluding NO2 is 1. The molecule has 2 rings (SSSR count). The zero-order chi connectivity index (χ0) is 21.8. The maximum atomic E-state index is 13.0. The van der Waals surface area contributed by atoms with Crippen molar-refractivity contribution in [2.24, 2.45) is 10.6 Å². The van der Waals surface area contributed by atoms with Crippen molar-refractivity contribution in [3.05, 3.63) is 51.4 Å². The van der Waals surface area contributed by atoms with Crippen LogP contribution in [0.15, 0.2) is 46.5 Å². The minimum atomic E-state index is -3.99. The van der Waals surface area contributed by atoms with Crippen molar-refractivity contribution in [3.8, 4) is 11.5 Å². The molecule has 0 aliphatic carbocycles. The summed E-state index contributed by atoms with van der Waals surface area (Å²) in [5.41, 5.74) is -0.354. The van der Waals surface area contributed by atoms with Crippen molar-refractivity contribution in [1.82, 2.24) is 9.62 Å². The Morgan fingerprint density at radius 1 is 1.10 bits per heavy atom. The van der Waals surface area contributed by atoms with E-state index in [4.69, 9.17) is 27.9 Å². The van der Waals surface area contributed by atoms with Crippen molar-refractivity contribution >= 4 is 38.9 Å². The number of sulfonamides is 1. The van der Waals surface area contributed by atoms with Crippen molar-refractivity contribution in [2.45, 2.75) is 18.7 Å². The summed E-state index contributed by atoms with van der Waals surface area (Å²) in [4.78, 5) is 12.7. The zero-order valence-electron chi connectivity index (χ0n) is 16.6. The standard InChI is InChI=1S/C19H23Cl2N3O4S/c1-19(2,12-24(3)4)11-22-29(26,27)18-10-15(23-25)5-6-17(18)28-16-8-13(20)7-14(21)9-16/h5-10,22H,11-12H2,1-4H3. The monoisotopic (exact) mass is 459 g/mol. The van der Waals surface area contributed by atoms with Crippen LogP contribution in [0.5, 0.6) is 11.5 Å². The highest BCUT2D eigenvalue weighted by Gasteiger charge is 2.26. The Hall–Kier alpha value is -1.71. The molecule has 0 spiro atoms. The summed E-state index contributed by atoms with van der Waals surface area (Å²) in [7, 11) is -0.163. The largest absolute Gasteiger partial charge is 0.456 e. The summed E-state index contributed by atoms with van der Waals surface area (Å²) in [5.74, 6) is 0.285. The van der Waals surface area contributed by atoms with Crippen molar-refractivity contribution in [2.75, 3.05) is 27.2 Å². The lowest BCUT2D eigenvalue weighted by Gasteiger charge is -2.28. The van der Waals surface area contributed by atoms with Gasteiger partial charge in [-0.15, -0.1) is 4.91 Å². The summed E-state index contributed by atoms with van der Waals surface area (Å²) < 4.78 is 34.3. The highest BCUT2D eigenvalue weighted by Crippen LogP contribution is 2.34. The minimum Gasteiger partial charge on any atom is -0.456 e. The number of hydrogen-bond donors (Lipinski definition) is 1. The molecular formula is C19H23Cl2N3O4S. The van der Waals surface area contributed by atoms with Gasteiger partial charge in [-0.3, -0.25) is 0 Å². The molecule has 2 aromatic carbocycles. The molecule has 0 unspecified atom stereocenters. The molecule has 0 amide bonds. The van der Waals surface area contributed by atoms with Gasteiger partial charge in [0.2, 0.25) is 10.0 Å². The van der Waals surface area contributed by atoms with E-state index in [1.54, 1.807) is 0 Å². The third kappa shape index (κ3) is 6.94. The topological polar surface area (TPSA) is 88.1 Å². The van der Waals surface area contributed by atoms with E-state index in [0.717, 1.165) is 6.07 Å². The molecule has 0 bridgehead atoms. The molecule has 10 heteroatoms. The number of hydrogen-bond acceptors (Lipinski definition) is 6. The Morgan fingerprint density at radius 3 is 2.28 bits per heavy atom. The maximum absolute atomic E-state index is 13.0. The smallest absolute Gasteiger partial charge is 0.244 e. The quantitative estimate of drug-likeness (QED) is 0.529. The summed E-state index contributed by atoms with van der Waals surface area (Å²) in [6.07, 6.45) is 0. The second-order valence-electron chi connectivity index (χ2n) is 7.66. The molecule has 0 atom stereocenters. The van der Waals surface area contributed by atoms with Crippen LogP contribution >= 0.6 is 23.2 Å². The first kappa shape index (κ1) is 23.6. The molecule has 0 saturated carbocycles. The number of nitrogens with one attached hydrogen (secondary N) is 1. The Kier molecular flexibility index (Phi) is 7.64. The predicted molar refractivity (Wildman–Crippen MR) is 116 cm³/mol. The van der Waals surface area contributed by atoms with Gasteiger partial charge in [-0.1, -0.05) is 37.0 Å². The number of halogens is 2. The van der Waals surface area contributed by atoms with E-state index in [0.29, 0.717) is 16.6 Å². The normalized spacial score (nSPS) is 12.2. The van der Waals surface area contributed by atoms with Gasteiger partial charge in [-0.05, 0) is 61.1 Å². The van der Waals surface area contributed by atoms with Crippen LogP contribution in [0, 0.1) is 10.3 Å². The van der Waals surface area contributed by atoms with E-state index in [9.17, 15) is 13.3 Å². The molecule has 0 aliphatic heterocycles. The fourth-order valence-electron chi connectivity index (χ4n) is 2.84. The lowest BCUT2D eigenvalue weighted by Crippen LogP contribution is -2.40. The van der Waals surface area contributed by atoms with Gasteiger partial charge in [0, 0.05) is 23.1 Å². The Bertz CT molecular complexity index is 975.